The second kappa shape index (κ2) is 15.4. The summed E-state index contributed by atoms with van der Waals surface area (Å²) in [5.41, 5.74) is 14.8. The van der Waals surface area contributed by atoms with Gasteiger partial charge in [-0.25, -0.2) is 0 Å². The van der Waals surface area contributed by atoms with Crippen molar-refractivity contribution in [3.63, 3.8) is 0 Å². The van der Waals surface area contributed by atoms with Crippen molar-refractivity contribution in [1.29, 1.82) is 0 Å². The van der Waals surface area contributed by atoms with E-state index in [-0.39, 0.29) is 5.41 Å². The molecular weight excluding hydrogens is 699 g/mol. The van der Waals surface area contributed by atoms with Crippen molar-refractivity contribution in [2.75, 3.05) is 0 Å². The van der Waals surface area contributed by atoms with Crippen LogP contribution >= 0.6 is 0 Å². The first-order chi connectivity index (χ1) is 28.6. The van der Waals surface area contributed by atoms with Crippen LogP contribution in [-0.4, -0.2) is 4.57 Å². The number of unbranched alkanes of at least 4 members (excludes halogenated alkanes) is 6. The molecule has 0 spiro atoms. The van der Waals surface area contributed by atoms with Gasteiger partial charge in [0.1, 0.15) is 0 Å². The van der Waals surface area contributed by atoms with E-state index >= 15 is 0 Å². The van der Waals surface area contributed by atoms with Gasteiger partial charge >= 0.3 is 0 Å². The van der Waals surface area contributed by atoms with Gasteiger partial charge in [0.25, 0.3) is 0 Å². The third-order valence-electron chi connectivity index (χ3n) is 13.4. The summed E-state index contributed by atoms with van der Waals surface area (Å²) >= 11 is 0. The van der Waals surface area contributed by atoms with E-state index < -0.39 is 0 Å². The molecule has 0 radical (unpaired) electrons. The van der Waals surface area contributed by atoms with Crippen molar-refractivity contribution in [3.05, 3.63) is 175 Å². The highest BCUT2D eigenvalue weighted by Crippen LogP contribution is 2.55. The number of rotatable bonds is 13. The number of aromatic nitrogens is 1. The summed E-state index contributed by atoms with van der Waals surface area (Å²) in [4.78, 5) is 0. The summed E-state index contributed by atoms with van der Waals surface area (Å²) in [6.07, 6.45) is 12.7. The summed E-state index contributed by atoms with van der Waals surface area (Å²) in [6, 6.07) is 62.2. The molecule has 0 amide bonds. The van der Waals surface area contributed by atoms with Gasteiger partial charge in [0.05, 0.1) is 11.0 Å². The standard InChI is InChI=1S/C57H53N/c1-3-5-7-15-33-57(34-16-8-6-4-2)53-22-14-13-21-49(53)50-30-29-48(39-54(50)57)58-55-31-27-46(44-25-23-40-17-9-11-19-42(40)35-44)37-51(55)52-38-47(28-32-56(52)58)45-26-24-41-18-10-12-20-43(41)36-45/h9-14,17-32,35-39H,3-8,15-16,33-34H2,1-2H3. The van der Waals surface area contributed by atoms with Gasteiger partial charge in [-0.1, -0.05) is 180 Å². The Hall–Kier alpha value is -5.92. The Bertz CT molecular complexity index is 2790. The zero-order valence-electron chi connectivity index (χ0n) is 34.1. The molecule has 0 bridgehead atoms. The van der Waals surface area contributed by atoms with E-state index in [9.17, 15) is 0 Å². The molecule has 1 heterocycles. The Morgan fingerprint density at radius 1 is 0.379 bits per heavy atom. The Morgan fingerprint density at radius 2 is 0.862 bits per heavy atom. The number of hydrogen-bond acceptors (Lipinski definition) is 0. The summed E-state index contributed by atoms with van der Waals surface area (Å²) in [5.74, 6) is 0. The van der Waals surface area contributed by atoms with E-state index in [1.165, 1.54) is 152 Å². The van der Waals surface area contributed by atoms with E-state index in [4.69, 9.17) is 0 Å². The highest BCUT2D eigenvalue weighted by Gasteiger charge is 2.42. The minimum absolute atomic E-state index is 0.0364. The first kappa shape index (κ1) is 36.4. The monoisotopic (exact) mass is 751 g/mol. The minimum Gasteiger partial charge on any atom is -0.309 e. The van der Waals surface area contributed by atoms with Gasteiger partial charge in [-0.3, -0.25) is 0 Å². The summed E-state index contributed by atoms with van der Waals surface area (Å²) in [7, 11) is 0. The second-order valence-corrected chi connectivity index (χ2v) is 16.9. The first-order valence-corrected chi connectivity index (χ1v) is 22.0. The van der Waals surface area contributed by atoms with Gasteiger partial charge in [0.15, 0.2) is 0 Å². The predicted molar refractivity (Wildman–Crippen MR) is 250 cm³/mol. The third-order valence-corrected chi connectivity index (χ3v) is 13.4. The number of fused-ring (bicyclic) bond motifs is 8. The topological polar surface area (TPSA) is 4.93 Å². The smallest absolute Gasteiger partial charge is 0.0541 e. The molecule has 0 saturated carbocycles. The lowest BCUT2D eigenvalue weighted by Crippen LogP contribution is -2.25. The van der Waals surface area contributed by atoms with E-state index in [1.54, 1.807) is 5.56 Å². The Balaban J connectivity index is 1.17. The molecule has 0 atom stereocenters. The van der Waals surface area contributed by atoms with Crippen LogP contribution in [0.5, 0.6) is 0 Å². The van der Waals surface area contributed by atoms with Crippen LogP contribution in [-0.2, 0) is 5.41 Å². The Morgan fingerprint density at radius 3 is 1.43 bits per heavy atom. The van der Waals surface area contributed by atoms with Crippen molar-refractivity contribution in [3.8, 4) is 39.1 Å². The average Bonchev–Trinajstić information content (AvgIpc) is 3.75. The molecule has 0 fully saturated rings. The molecule has 286 valence electrons. The highest BCUT2D eigenvalue weighted by molar-refractivity contribution is 6.12. The molecule has 10 rings (SSSR count). The van der Waals surface area contributed by atoms with Crippen LogP contribution in [0.1, 0.15) is 89.2 Å². The van der Waals surface area contributed by atoms with Gasteiger partial charge in [-0.2, -0.15) is 0 Å². The minimum atomic E-state index is 0.0364. The van der Waals surface area contributed by atoms with Gasteiger partial charge in [0.2, 0.25) is 0 Å². The van der Waals surface area contributed by atoms with E-state index in [2.05, 4.69) is 182 Å². The van der Waals surface area contributed by atoms with Crippen molar-refractivity contribution >= 4 is 43.4 Å². The molecule has 1 nitrogen and oxygen atoms in total. The normalized spacial score (nSPS) is 13.1. The molecule has 0 saturated heterocycles. The molecule has 1 aromatic heterocycles. The summed E-state index contributed by atoms with van der Waals surface area (Å²) in [5, 5.41) is 7.67. The molecule has 8 aromatic carbocycles. The second-order valence-electron chi connectivity index (χ2n) is 16.9. The van der Waals surface area contributed by atoms with Crippen LogP contribution in [0.3, 0.4) is 0 Å². The number of benzene rings is 8. The molecule has 58 heavy (non-hydrogen) atoms. The third kappa shape index (κ3) is 6.33. The first-order valence-electron chi connectivity index (χ1n) is 22.0. The maximum atomic E-state index is 2.60. The zero-order chi connectivity index (χ0) is 39.1. The SMILES string of the molecule is CCCCCCC1(CCCCCC)c2ccccc2-c2ccc(-n3c4ccc(-c5ccc6ccccc6c5)cc4c4cc(-c5ccc6ccccc6c5)ccc43)cc21. The van der Waals surface area contributed by atoms with Crippen LogP contribution in [0.25, 0.3) is 82.4 Å². The molecule has 9 aromatic rings. The lowest BCUT2D eigenvalue weighted by molar-refractivity contribution is 0.401. The lowest BCUT2D eigenvalue weighted by atomic mass is 9.70. The van der Waals surface area contributed by atoms with Gasteiger partial charge < -0.3 is 4.57 Å². The average molecular weight is 752 g/mol. The van der Waals surface area contributed by atoms with Crippen molar-refractivity contribution < 1.29 is 0 Å². The molecular formula is C57H53N. The van der Waals surface area contributed by atoms with E-state index in [1.807, 2.05) is 0 Å². The van der Waals surface area contributed by atoms with Crippen molar-refractivity contribution in [1.82, 2.24) is 4.57 Å². The molecule has 1 aliphatic carbocycles. The van der Waals surface area contributed by atoms with Crippen LogP contribution in [0, 0.1) is 0 Å². The highest BCUT2D eigenvalue weighted by atomic mass is 15.0. The van der Waals surface area contributed by atoms with Crippen LogP contribution < -0.4 is 0 Å². The predicted octanol–water partition coefficient (Wildman–Crippen LogP) is 16.6. The molecule has 0 aliphatic heterocycles. The quantitative estimate of drug-likeness (QED) is 0.103. The van der Waals surface area contributed by atoms with Gasteiger partial charge in [-0.15, -0.1) is 0 Å². The van der Waals surface area contributed by atoms with Crippen LogP contribution in [0.15, 0.2) is 164 Å². The fraction of sp³-hybridized carbons (Fsp3) is 0.228. The van der Waals surface area contributed by atoms with Crippen molar-refractivity contribution in [2.24, 2.45) is 0 Å². The molecule has 0 unspecified atom stereocenters. The molecule has 1 heteroatoms. The van der Waals surface area contributed by atoms with E-state index in [0.717, 1.165) is 0 Å². The fourth-order valence-electron chi connectivity index (χ4n) is 10.4. The summed E-state index contributed by atoms with van der Waals surface area (Å²) < 4.78 is 2.56. The summed E-state index contributed by atoms with van der Waals surface area (Å²) in [6.45, 7) is 4.66. The zero-order valence-corrected chi connectivity index (χ0v) is 34.1. The Kier molecular flexibility index (Phi) is 9.70. The maximum Gasteiger partial charge on any atom is 0.0541 e. The number of nitrogens with zero attached hydrogens (tertiary/aromatic N) is 1. The number of hydrogen-bond donors (Lipinski definition) is 0. The molecule has 1 aliphatic rings. The molecule has 0 N–H and O–H groups in total. The largest absolute Gasteiger partial charge is 0.309 e. The van der Waals surface area contributed by atoms with Crippen molar-refractivity contribution in [2.45, 2.75) is 83.5 Å². The van der Waals surface area contributed by atoms with Crippen LogP contribution in [0.2, 0.25) is 0 Å². The maximum absolute atomic E-state index is 2.60. The van der Waals surface area contributed by atoms with Gasteiger partial charge in [0, 0.05) is 21.9 Å². The Labute approximate surface area is 344 Å². The lowest BCUT2D eigenvalue weighted by Gasteiger charge is -2.33. The van der Waals surface area contributed by atoms with Crippen LogP contribution in [0.4, 0.5) is 0 Å². The van der Waals surface area contributed by atoms with E-state index in [0.29, 0.717) is 0 Å². The fourth-order valence-corrected chi connectivity index (χ4v) is 10.4. The van der Waals surface area contributed by atoms with Gasteiger partial charge in [-0.05, 0) is 127 Å².